The summed E-state index contributed by atoms with van der Waals surface area (Å²) in [6.07, 6.45) is 7.37. The number of hydrogen-bond donors (Lipinski definition) is 0. The Bertz CT molecular complexity index is 585. The maximum Gasteiger partial charge on any atom is 0.0651 e. The first-order valence-electron chi connectivity index (χ1n) is 4.77. The van der Waals surface area contributed by atoms with Gasteiger partial charge in [0.25, 0.3) is 0 Å². The van der Waals surface area contributed by atoms with E-state index in [1.807, 2.05) is 35.3 Å². The normalized spacial score (nSPS) is 10.7. The van der Waals surface area contributed by atoms with Crippen LogP contribution in [0.5, 0.6) is 0 Å². The second-order valence-electron chi connectivity index (χ2n) is 3.36. The second-order valence-corrected chi connectivity index (χ2v) is 3.36. The van der Waals surface area contributed by atoms with E-state index in [-0.39, 0.29) is 0 Å². The highest BCUT2D eigenvalue weighted by Gasteiger charge is 1.97. The molecule has 0 bridgehead atoms. The number of pyridine rings is 1. The molecular weight excluding hydrogens is 186 g/mol. The summed E-state index contributed by atoms with van der Waals surface area (Å²) < 4.78 is 1.85. The molecule has 3 rings (SSSR count). The van der Waals surface area contributed by atoms with Crippen LogP contribution in [0.3, 0.4) is 0 Å². The second kappa shape index (κ2) is 3.20. The topological polar surface area (TPSA) is 30.7 Å². The van der Waals surface area contributed by atoms with Gasteiger partial charge >= 0.3 is 0 Å². The third-order valence-corrected chi connectivity index (χ3v) is 2.39. The molecule has 0 spiro atoms. The largest absolute Gasteiger partial charge is 0.264 e. The SMILES string of the molecule is c1cnn(-c2ccc3cnccc3c2)c1. The van der Waals surface area contributed by atoms with Crippen LogP contribution in [0.1, 0.15) is 0 Å². The van der Waals surface area contributed by atoms with E-state index in [1.165, 1.54) is 5.39 Å². The maximum atomic E-state index is 4.19. The van der Waals surface area contributed by atoms with Crippen LogP contribution < -0.4 is 0 Å². The molecule has 15 heavy (non-hydrogen) atoms. The Kier molecular flexibility index (Phi) is 1.75. The first-order valence-corrected chi connectivity index (χ1v) is 4.77. The monoisotopic (exact) mass is 195 g/mol. The lowest BCUT2D eigenvalue weighted by atomic mass is 10.1. The fourth-order valence-electron chi connectivity index (χ4n) is 1.63. The molecule has 3 heteroatoms. The van der Waals surface area contributed by atoms with Crippen molar-refractivity contribution in [2.45, 2.75) is 0 Å². The number of nitrogens with zero attached hydrogens (tertiary/aromatic N) is 3. The third kappa shape index (κ3) is 1.38. The number of rotatable bonds is 1. The van der Waals surface area contributed by atoms with Crippen molar-refractivity contribution < 1.29 is 0 Å². The van der Waals surface area contributed by atoms with Gasteiger partial charge in [0, 0.05) is 30.2 Å². The minimum absolute atomic E-state index is 1.07. The summed E-state index contributed by atoms with van der Waals surface area (Å²) in [6.45, 7) is 0. The van der Waals surface area contributed by atoms with Crippen molar-refractivity contribution in [3.05, 3.63) is 55.1 Å². The third-order valence-electron chi connectivity index (χ3n) is 2.39. The molecule has 3 nitrogen and oxygen atoms in total. The quantitative estimate of drug-likeness (QED) is 0.597. The molecule has 0 N–H and O–H groups in total. The average molecular weight is 195 g/mol. The van der Waals surface area contributed by atoms with Crippen molar-refractivity contribution in [3.8, 4) is 5.69 Å². The molecule has 2 heterocycles. The van der Waals surface area contributed by atoms with Crippen molar-refractivity contribution in [2.75, 3.05) is 0 Å². The van der Waals surface area contributed by atoms with Gasteiger partial charge in [-0.1, -0.05) is 6.07 Å². The van der Waals surface area contributed by atoms with Crippen LogP contribution in [-0.2, 0) is 0 Å². The summed E-state index contributed by atoms with van der Waals surface area (Å²) in [5.41, 5.74) is 1.07. The van der Waals surface area contributed by atoms with Crippen LogP contribution in [-0.4, -0.2) is 14.8 Å². The van der Waals surface area contributed by atoms with Crippen LogP contribution in [0.25, 0.3) is 16.5 Å². The molecule has 0 atom stereocenters. The number of aromatic nitrogens is 3. The van der Waals surface area contributed by atoms with E-state index in [2.05, 4.69) is 22.2 Å². The van der Waals surface area contributed by atoms with Gasteiger partial charge in [0.15, 0.2) is 0 Å². The predicted molar refractivity (Wildman–Crippen MR) is 58.9 cm³/mol. The van der Waals surface area contributed by atoms with Gasteiger partial charge in [-0.2, -0.15) is 5.10 Å². The van der Waals surface area contributed by atoms with Crippen molar-refractivity contribution >= 4 is 10.8 Å². The van der Waals surface area contributed by atoms with Crippen LogP contribution in [0.2, 0.25) is 0 Å². The van der Waals surface area contributed by atoms with E-state index in [4.69, 9.17) is 0 Å². The zero-order chi connectivity index (χ0) is 10.1. The highest BCUT2D eigenvalue weighted by Crippen LogP contribution is 2.16. The molecule has 3 aromatic rings. The zero-order valence-electron chi connectivity index (χ0n) is 8.04. The molecule has 0 aliphatic heterocycles. The van der Waals surface area contributed by atoms with E-state index in [0.29, 0.717) is 0 Å². The molecule has 2 aromatic heterocycles. The van der Waals surface area contributed by atoms with Crippen molar-refractivity contribution in [2.24, 2.45) is 0 Å². The summed E-state index contributed by atoms with van der Waals surface area (Å²) in [5, 5.41) is 6.52. The van der Waals surface area contributed by atoms with Gasteiger partial charge in [0.05, 0.1) is 5.69 Å². The number of benzene rings is 1. The minimum atomic E-state index is 1.07. The summed E-state index contributed by atoms with van der Waals surface area (Å²) in [7, 11) is 0. The lowest BCUT2D eigenvalue weighted by Gasteiger charge is -2.02. The molecule has 0 aliphatic rings. The Morgan fingerprint density at radius 2 is 2.00 bits per heavy atom. The predicted octanol–water partition coefficient (Wildman–Crippen LogP) is 2.42. The summed E-state index contributed by atoms with van der Waals surface area (Å²) >= 11 is 0. The van der Waals surface area contributed by atoms with Crippen LogP contribution in [0.4, 0.5) is 0 Å². The molecule has 0 unspecified atom stereocenters. The summed E-state index contributed by atoms with van der Waals surface area (Å²) in [5.74, 6) is 0. The molecule has 0 radical (unpaired) electrons. The van der Waals surface area contributed by atoms with Crippen LogP contribution >= 0.6 is 0 Å². The average Bonchev–Trinajstić information content (AvgIpc) is 2.82. The molecule has 0 saturated carbocycles. The lowest BCUT2D eigenvalue weighted by Crippen LogP contribution is -1.93. The number of hydrogen-bond acceptors (Lipinski definition) is 2. The van der Waals surface area contributed by atoms with Gasteiger partial charge in [-0.3, -0.25) is 4.98 Å². The molecule has 0 saturated heterocycles. The van der Waals surface area contributed by atoms with Crippen molar-refractivity contribution in [1.29, 1.82) is 0 Å². The van der Waals surface area contributed by atoms with Gasteiger partial charge in [-0.25, -0.2) is 4.68 Å². The fourth-order valence-corrected chi connectivity index (χ4v) is 1.63. The Hall–Kier alpha value is -2.16. The molecule has 1 aromatic carbocycles. The smallest absolute Gasteiger partial charge is 0.0651 e. The van der Waals surface area contributed by atoms with Gasteiger partial charge in [-0.05, 0) is 29.7 Å². The Balaban J connectivity index is 2.22. The standard InChI is InChI=1S/C12H9N3/c1-5-14-15(7-1)12-3-2-11-9-13-6-4-10(11)8-12/h1-9H. The van der Waals surface area contributed by atoms with E-state index >= 15 is 0 Å². The van der Waals surface area contributed by atoms with Crippen molar-refractivity contribution in [3.63, 3.8) is 0 Å². The highest BCUT2D eigenvalue weighted by atomic mass is 15.3. The molecule has 0 fully saturated rings. The minimum Gasteiger partial charge on any atom is -0.264 e. The summed E-state index contributed by atoms with van der Waals surface area (Å²) in [4.78, 5) is 4.08. The van der Waals surface area contributed by atoms with E-state index < -0.39 is 0 Å². The maximum absolute atomic E-state index is 4.19. The highest BCUT2D eigenvalue weighted by molar-refractivity contribution is 5.83. The van der Waals surface area contributed by atoms with Gasteiger partial charge in [0.2, 0.25) is 0 Å². The zero-order valence-corrected chi connectivity index (χ0v) is 8.04. The lowest BCUT2D eigenvalue weighted by molar-refractivity contribution is 0.882. The van der Waals surface area contributed by atoms with Gasteiger partial charge < -0.3 is 0 Å². The molecular formula is C12H9N3. The van der Waals surface area contributed by atoms with Gasteiger partial charge in [0.1, 0.15) is 0 Å². The first-order chi connectivity index (χ1) is 7.43. The Morgan fingerprint density at radius 3 is 2.87 bits per heavy atom. The molecule has 0 aliphatic carbocycles. The van der Waals surface area contributed by atoms with E-state index in [0.717, 1.165) is 11.1 Å². The Morgan fingerprint density at radius 1 is 1.00 bits per heavy atom. The van der Waals surface area contributed by atoms with E-state index in [1.54, 1.807) is 12.4 Å². The first kappa shape index (κ1) is 8.17. The van der Waals surface area contributed by atoms with Crippen LogP contribution in [0, 0.1) is 0 Å². The molecule has 0 amide bonds. The molecule has 72 valence electrons. The van der Waals surface area contributed by atoms with Gasteiger partial charge in [-0.15, -0.1) is 0 Å². The van der Waals surface area contributed by atoms with Crippen LogP contribution in [0.15, 0.2) is 55.1 Å². The van der Waals surface area contributed by atoms with Crippen molar-refractivity contribution in [1.82, 2.24) is 14.8 Å². The fraction of sp³-hybridized carbons (Fsp3) is 0. The summed E-state index contributed by atoms with van der Waals surface area (Å²) in [6, 6.07) is 10.1. The van der Waals surface area contributed by atoms with E-state index in [9.17, 15) is 0 Å². The number of fused-ring (bicyclic) bond motifs is 1. The Labute approximate surface area is 87.0 Å².